The zero-order valence-electron chi connectivity index (χ0n) is 18.5. The van der Waals surface area contributed by atoms with Crippen LogP contribution in [0.4, 0.5) is 18.3 Å². The van der Waals surface area contributed by atoms with Gasteiger partial charge in [0, 0.05) is 30.7 Å². The summed E-state index contributed by atoms with van der Waals surface area (Å²) < 4.78 is 35.7. The molecule has 0 aliphatic rings. The summed E-state index contributed by atoms with van der Waals surface area (Å²) in [6, 6.07) is 5.53. The number of carbonyl (C=O) groups excluding carboxylic acids is 2. The van der Waals surface area contributed by atoms with Crippen molar-refractivity contribution in [2.24, 2.45) is 0 Å². The van der Waals surface area contributed by atoms with Crippen molar-refractivity contribution < 1.29 is 27.9 Å². The first-order chi connectivity index (χ1) is 16.1. The van der Waals surface area contributed by atoms with E-state index >= 15 is 0 Å². The average molecular weight is 533 g/mol. The largest absolute Gasteiger partial charge is 0.446 e. The van der Waals surface area contributed by atoms with E-state index in [0.717, 1.165) is 21.4 Å². The predicted molar refractivity (Wildman–Crippen MR) is 129 cm³/mol. The lowest BCUT2D eigenvalue weighted by molar-refractivity contribution is -0.119. The van der Waals surface area contributed by atoms with Crippen LogP contribution in [0.3, 0.4) is 0 Å². The number of alkyl halides is 3. The van der Waals surface area contributed by atoms with Crippen LogP contribution in [0.5, 0.6) is 0 Å². The van der Waals surface area contributed by atoms with Gasteiger partial charge >= 0.3 is 5.51 Å². The van der Waals surface area contributed by atoms with Crippen LogP contribution in [-0.2, 0) is 22.6 Å². The molecule has 0 aliphatic carbocycles. The van der Waals surface area contributed by atoms with Gasteiger partial charge in [0.25, 0.3) is 0 Å². The van der Waals surface area contributed by atoms with Gasteiger partial charge in [-0.15, -0.1) is 22.7 Å². The van der Waals surface area contributed by atoms with Gasteiger partial charge in [-0.3, -0.25) is 4.79 Å². The van der Waals surface area contributed by atoms with Crippen LogP contribution in [0.15, 0.2) is 34.5 Å². The molecule has 0 saturated carbocycles. The zero-order chi connectivity index (χ0) is 25.3. The number of aromatic nitrogens is 2. The molecule has 0 spiro atoms. The molecule has 0 bridgehead atoms. The fraction of sp³-hybridized carbons (Fsp3) is 0.333. The molecule has 0 saturated heterocycles. The Kier molecular flexibility index (Phi) is 10.5. The van der Waals surface area contributed by atoms with E-state index in [4.69, 9.17) is 0 Å². The van der Waals surface area contributed by atoms with Gasteiger partial charge in [0.2, 0.25) is 5.91 Å². The second-order valence-corrected chi connectivity index (χ2v) is 9.83. The molecule has 3 N–H and O–H groups in total. The molecule has 2 heterocycles. The van der Waals surface area contributed by atoms with E-state index in [-0.39, 0.29) is 41.6 Å². The van der Waals surface area contributed by atoms with Crippen LogP contribution in [0.1, 0.15) is 36.2 Å². The van der Waals surface area contributed by atoms with Crippen molar-refractivity contribution in [1.82, 2.24) is 15.3 Å². The van der Waals surface area contributed by atoms with Crippen molar-refractivity contribution in [3.8, 4) is 10.6 Å². The molecule has 0 fully saturated rings. The van der Waals surface area contributed by atoms with Crippen molar-refractivity contribution in [2.45, 2.75) is 43.3 Å². The van der Waals surface area contributed by atoms with E-state index in [1.165, 1.54) is 53.9 Å². The average Bonchev–Trinajstić information content (AvgIpc) is 3.41. The van der Waals surface area contributed by atoms with E-state index in [2.05, 4.69) is 20.6 Å². The summed E-state index contributed by atoms with van der Waals surface area (Å²) in [6.45, 7) is 3.22. The first-order valence-corrected chi connectivity index (χ1v) is 12.4. The molecule has 3 rings (SSSR count). The van der Waals surface area contributed by atoms with Gasteiger partial charge in [0.05, 0.1) is 28.9 Å². The summed E-state index contributed by atoms with van der Waals surface area (Å²) in [5, 5.41) is 18.4. The predicted octanol–water partition coefficient (Wildman–Crippen LogP) is 5.04. The lowest BCUT2D eigenvalue weighted by Crippen LogP contribution is -2.24. The van der Waals surface area contributed by atoms with Gasteiger partial charge in [0.1, 0.15) is 11.3 Å². The molecular formula is C21H23F3N4O3S3. The molecular weight excluding hydrogens is 509 g/mol. The minimum atomic E-state index is -4.26. The van der Waals surface area contributed by atoms with E-state index in [1.54, 1.807) is 0 Å². The van der Waals surface area contributed by atoms with Crippen molar-refractivity contribution in [2.75, 3.05) is 12.4 Å². The standard InChI is InChI=1S/C12H16N4O2S2.C9H7F3OS/c1-6(14-7(2)18)10-11(20-9(4-17)16-10)8-5-19-12(13-3)15-8;10-9(11,12)14-8-3-1-7(2-4-8)5-6-13/h5-6,17H,4H2,1-3H3,(H,13,15)(H,14,18);1-4,6H,5H2. The number of aldehydes is 1. The number of nitrogens with one attached hydrogen (secondary N) is 2. The molecule has 184 valence electrons. The number of carbonyl (C=O) groups is 2. The molecule has 3 aromatic rings. The van der Waals surface area contributed by atoms with Gasteiger partial charge in [-0.2, -0.15) is 13.2 Å². The highest BCUT2D eigenvalue weighted by Gasteiger charge is 2.29. The Morgan fingerprint density at radius 1 is 1.26 bits per heavy atom. The Morgan fingerprint density at radius 2 is 1.94 bits per heavy atom. The van der Waals surface area contributed by atoms with E-state index in [0.29, 0.717) is 16.9 Å². The van der Waals surface area contributed by atoms with Crippen LogP contribution in [0, 0.1) is 0 Å². The minimum Gasteiger partial charge on any atom is -0.389 e. The number of hydrogen-bond acceptors (Lipinski definition) is 9. The van der Waals surface area contributed by atoms with Crippen molar-refractivity contribution >= 4 is 51.8 Å². The van der Waals surface area contributed by atoms with Gasteiger partial charge in [-0.05, 0) is 36.4 Å². The maximum atomic E-state index is 11.9. The summed E-state index contributed by atoms with van der Waals surface area (Å²) in [6.07, 6.45) is 0.947. The Labute approximate surface area is 206 Å². The van der Waals surface area contributed by atoms with E-state index < -0.39 is 5.51 Å². The molecule has 0 radical (unpaired) electrons. The number of halogens is 3. The number of thiazole rings is 2. The number of anilines is 1. The molecule has 1 atom stereocenters. The number of benzene rings is 1. The number of aliphatic hydroxyl groups excluding tert-OH is 1. The summed E-state index contributed by atoms with van der Waals surface area (Å²) in [5.74, 6) is -0.115. The Balaban J connectivity index is 0.000000257. The third kappa shape index (κ3) is 8.70. The molecule has 1 aromatic carbocycles. The topological polar surface area (TPSA) is 104 Å². The van der Waals surface area contributed by atoms with Gasteiger partial charge < -0.3 is 20.5 Å². The number of aliphatic hydroxyl groups is 1. The Morgan fingerprint density at radius 3 is 2.44 bits per heavy atom. The van der Waals surface area contributed by atoms with Crippen molar-refractivity contribution in [3.63, 3.8) is 0 Å². The van der Waals surface area contributed by atoms with E-state index in [1.807, 2.05) is 19.4 Å². The second-order valence-electron chi connectivity index (χ2n) is 6.75. The zero-order valence-corrected chi connectivity index (χ0v) is 20.9. The van der Waals surface area contributed by atoms with E-state index in [9.17, 15) is 27.9 Å². The first kappa shape index (κ1) is 27.8. The molecule has 13 heteroatoms. The van der Waals surface area contributed by atoms with Crippen LogP contribution in [-0.4, -0.2) is 39.8 Å². The Hall–Kier alpha value is -2.48. The molecule has 1 unspecified atom stereocenters. The molecule has 2 aromatic heterocycles. The molecule has 34 heavy (non-hydrogen) atoms. The first-order valence-electron chi connectivity index (χ1n) is 9.85. The maximum absolute atomic E-state index is 11.9. The lowest BCUT2D eigenvalue weighted by atomic mass is 10.2. The highest BCUT2D eigenvalue weighted by Crippen LogP contribution is 2.37. The van der Waals surface area contributed by atoms with Crippen molar-refractivity contribution in [1.29, 1.82) is 0 Å². The smallest absolute Gasteiger partial charge is 0.389 e. The third-order valence-corrected chi connectivity index (χ3v) is 6.77. The molecule has 7 nitrogen and oxygen atoms in total. The fourth-order valence-electron chi connectivity index (χ4n) is 2.71. The number of thioether (sulfide) groups is 1. The number of nitrogens with zero attached hydrogens (tertiary/aromatic N) is 2. The second kappa shape index (κ2) is 12.8. The fourth-order valence-corrected chi connectivity index (χ4v) is 4.97. The quantitative estimate of drug-likeness (QED) is 0.276. The van der Waals surface area contributed by atoms with Crippen molar-refractivity contribution in [3.05, 3.63) is 45.9 Å². The highest BCUT2D eigenvalue weighted by molar-refractivity contribution is 8.00. The van der Waals surface area contributed by atoms with Gasteiger partial charge in [0.15, 0.2) is 5.13 Å². The van der Waals surface area contributed by atoms with Crippen LogP contribution in [0.25, 0.3) is 10.6 Å². The lowest BCUT2D eigenvalue weighted by Gasteiger charge is -2.11. The molecule has 0 aliphatic heterocycles. The normalized spacial score (nSPS) is 11.9. The van der Waals surface area contributed by atoms with Crippen LogP contribution < -0.4 is 10.6 Å². The number of amides is 1. The summed E-state index contributed by atoms with van der Waals surface area (Å²) in [5.41, 5.74) is -2.00. The highest BCUT2D eigenvalue weighted by atomic mass is 32.2. The number of hydrogen-bond donors (Lipinski definition) is 3. The van der Waals surface area contributed by atoms with Gasteiger partial charge in [-0.25, -0.2) is 9.97 Å². The van der Waals surface area contributed by atoms with Crippen LogP contribution in [0.2, 0.25) is 0 Å². The number of rotatable bonds is 8. The SMILES string of the molecule is CNc1nc(-c2sc(CO)nc2C(C)NC(C)=O)cs1.O=CCc1ccc(SC(F)(F)F)cc1. The third-order valence-electron chi connectivity index (χ3n) is 4.09. The molecule has 1 amide bonds. The minimum absolute atomic E-state index is 0.115. The summed E-state index contributed by atoms with van der Waals surface area (Å²) in [7, 11) is 1.81. The monoisotopic (exact) mass is 532 g/mol. The maximum Gasteiger partial charge on any atom is 0.446 e. The Bertz CT molecular complexity index is 1090. The van der Waals surface area contributed by atoms with Crippen LogP contribution >= 0.6 is 34.4 Å². The summed E-state index contributed by atoms with van der Waals surface area (Å²) >= 11 is 2.74. The van der Waals surface area contributed by atoms with Gasteiger partial charge in [-0.1, -0.05) is 12.1 Å². The summed E-state index contributed by atoms with van der Waals surface area (Å²) in [4.78, 5) is 31.2.